The van der Waals surface area contributed by atoms with Crippen molar-refractivity contribution in [3.8, 4) is 5.75 Å². The Labute approximate surface area is 121 Å². The second-order valence-electron chi connectivity index (χ2n) is 5.67. The number of rotatable bonds is 8. The monoisotopic (exact) mass is 278 g/mol. The summed E-state index contributed by atoms with van der Waals surface area (Å²) in [6.07, 6.45) is 0.391. The van der Waals surface area contributed by atoms with E-state index in [2.05, 4.69) is 19.2 Å². The van der Waals surface area contributed by atoms with Crippen molar-refractivity contribution < 1.29 is 9.53 Å². The summed E-state index contributed by atoms with van der Waals surface area (Å²) in [4.78, 5) is 11.7. The fourth-order valence-electron chi connectivity index (χ4n) is 1.59. The Morgan fingerprint density at radius 3 is 2.45 bits per heavy atom. The number of carbonyl (C=O) groups excluding carboxylic acids is 1. The predicted molar refractivity (Wildman–Crippen MR) is 81.7 cm³/mol. The molecule has 3 N–H and O–H groups in total. The van der Waals surface area contributed by atoms with Crippen molar-refractivity contribution in [2.75, 3.05) is 19.7 Å². The molecule has 0 heterocycles. The second-order valence-corrected chi connectivity index (χ2v) is 5.67. The Morgan fingerprint density at radius 2 is 1.90 bits per heavy atom. The lowest BCUT2D eigenvalue weighted by Crippen LogP contribution is -2.32. The molecule has 0 aliphatic heterocycles. The van der Waals surface area contributed by atoms with E-state index in [1.54, 1.807) is 0 Å². The van der Waals surface area contributed by atoms with Gasteiger partial charge in [0.05, 0.1) is 13.0 Å². The van der Waals surface area contributed by atoms with E-state index in [9.17, 15) is 4.79 Å². The summed E-state index contributed by atoms with van der Waals surface area (Å²) < 4.78 is 5.61. The van der Waals surface area contributed by atoms with Crippen molar-refractivity contribution in [3.63, 3.8) is 0 Å². The largest absolute Gasteiger partial charge is 0.493 e. The van der Waals surface area contributed by atoms with Crippen molar-refractivity contribution in [2.24, 2.45) is 17.6 Å². The highest BCUT2D eigenvalue weighted by Crippen LogP contribution is 2.13. The van der Waals surface area contributed by atoms with Crippen LogP contribution in [0.25, 0.3) is 0 Å². The molecule has 20 heavy (non-hydrogen) atoms. The maximum Gasteiger partial charge on any atom is 0.224 e. The van der Waals surface area contributed by atoms with Gasteiger partial charge in [-0.15, -0.1) is 0 Å². The molecule has 4 heteroatoms. The number of carbonyl (C=O) groups is 1. The maximum atomic E-state index is 11.7. The zero-order valence-electron chi connectivity index (χ0n) is 12.7. The molecule has 112 valence electrons. The highest BCUT2D eigenvalue weighted by atomic mass is 16.5. The fourth-order valence-corrected chi connectivity index (χ4v) is 1.59. The van der Waals surface area contributed by atoms with E-state index in [0.717, 1.165) is 11.3 Å². The lowest BCUT2D eigenvalue weighted by Gasteiger charge is -2.11. The van der Waals surface area contributed by atoms with Gasteiger partial charge >= 0.3 is 0 Å². The van der Waals surface area contributed by atoms with Gasteiger partial charge in [0.25, 0.3) is 0 Å². The molecule has 1 amide bonds. The van der Waals surface area contributed by atoms with Gasteiger partial charge in [-0.1, -0.05) is 32.9 Å². The minimum atomic E-state index is 0.0288. The summed E-state index contributed by atoms with van der Waals surface area (Å²) in [6.45, 7) is 8.16. The van der Waals surface area contributed by atoms with Crippen LogP contribution in [0.5, 0.6) is 5.75 Å². The summed E-state index contributed by atoms with van der Waals surface area (Å²) in [5, 5.41) is 2.89. The first-order valence-electron chi connectivity index (χ1n) is 7.19. The number of ether oxygens (including phenoxy) is 1. The van der Waals surface area contributed by atoms with Gasteiger partial charge in [0.1, 0.15) is 5.75 Å². The zero-order chi connectivity index (χ0) is 15.0. The molecule has 0 bridgehead atoms. The lowest BCUT2D eigenvalue weighted by molar-refractivity contribution is -0.120. The van der Waals surface area contributed by atoms with Crippen LogP contribution in [0.4, 0.5) is 0 Å². The van der Waals surface area contributed by atoms with Crippen LogP contribution in [0.1, 0.15) is 26.3 Å². The van der Waals surface area contributed by atoms with E-state index in [-0.39, 0.29) is 5.91 Å². The number of hydrogen-bond acceptors (Lipinski definition) is 3. The van der Waals surface area contributed by atoms with Crippen molar-refractivity contribution >= 4 is 5.91 Å². The van der Waals surface area contributed by atoms with Crippen LogP contribution in [0, 0.1) is 11.8 Å². The molecule has 0 radical (unpaired) electrons. The first-order valence-corrected chi connectivity index (χ1v) is 7.19. The van der Waals surface area contributed by atoms with E-state index in [1.165, 1.54) is 0 Å². The molecule has 0 saturated heterocycles. The Kier molecular flexibility index (Phi) is 7.09. The van der Waals surface area contributed by atoms with E-state index in [1.807, 2.05) is 31.2 Å². The third-order valence-corrected chi connectivity index (χ3v) is 2.92. The van der Waals surface area contributed by atoms with Crippen LogP contribution in [0.2, 0.25) is 0 Å². The molecule has 1 aromatic rings. The Balaban J connectivity index is 2.38. The molecular weight excluding hydrogens is 252 g/mol. The van der Waals surface area contributed by atoms with Crippen LogP contribution in [0.3, 0.4) is 0 Å². The molecule has 4 nitrogen and oxygen atoms in total. The molecule has 0 fully saturated rings. The van der Waals surface area contributed by atoms with Crippen LogP contribution in [-0.2, 0) is 11.2 Å². The molecule has 1 unspecified atom stereocenters. The van der Waals surface area contributed by atoms with Crippen LogP contribution < -0.4 is 15.8 Å². The Hall–Kier alpha value is -1.55. The van der Waals surface area contributed by atoms with E-state index in [0.29, 0.717) is 38.0 Å². The minimum Gasteiger partial charge on any atom is -0.493 e. The Bertz CT molecular complexity index is 401. The first-order chi connectivity index (χ1) is 9.51. The number of amides is 1. The van der Waals surface area contributed by atoms with Gasteiger partial charge in [0, 0.05) is 6.54 Å². The van der Waals surface area contributed by atoms with Crippen molar-refractivity contribution in [2.45, 2.75) is 27.2 Å². The highest BCUT2D eigenvalue weighted by Gasteiger charge is 2.06. The summed E-state index contributed by atoms with van der Waals surface area (Å²) in [6, 6.07) is 7.68. The molecule has 0 aliphatic rings. The summed E-state index contributed by atoms with van der Waals surface area (Å²) in [5.41, 5.74) is 6.50. The minimum absolute atomic E-state index is 0.0288. The maximum absolute atomic E-state index is 11.7. The number of nitrogens with one attached hydrogen (secondary N) is 1. The third-order valence-electron chi connectivity index (χ3n) is 2.92. The quantitative estimate of drug-likeness (QED) is 0.764. The fraction of sp³-hybridized carbons (Fsp3) is 0.562. The third kappa shape index (κ3) is 6.57. The standard InChI is InChI=1S/C16H26N2O2/c1-12(2)11-20-15-6-4-14(5-7-15)8-16(19)18-10-13(3)9-17/h4-7,12-13H,8-11,17H2,1-3H3,(H,18,19). The topological polar surface area (TPSA) is 64.3 Å². The molecule has 1 rings (SSSR count). The first kappa shape index (κ1) is 16.5. The summed E-state index contributed by atoms with van der Waals surface area (Å²) in [5.74, 6) is 1.69. The molecule has 0 aromatic heterocycles. The molecule has 1 atom stereocenters. The van der Waals surface area contributed by atoms with E-state index >= 15 is 0 Å². The zero-order valence-corrected chi connectivity index (χ0v) is 12.7. The number of nitrogens with two attached hydrogens (primary N) is 1. The molecule has 0 spiro atoms. The molecular formula is C16H26N2O2. The van der Waals surface area contributed by atoms with E-state index in [4.69, 9.17) is 10.5 Å². The SMILES string of the molecule is CC(C)COc1ccc(CC(=O)NCC(C)CN)cc1. The van der Waals surface area contributed by atoms with Gasteiger partial charge < -0.3 is 15.8 Å². The lowest BCUT2D eigenvalue weighted by atomic mass is 10.1. The summed E-state index contributed by atoms with van der Waals surface area (Å²) in [7, 11) is 0. The van der Waals surface area contributed by atoms with Crippen LogP contribution in [0.15, 0.2) is 24.3 Å². The molecule has 0 aliphatic carbocycles. The van der Waals surface area contributed by atoms with Crippen molar-refractivity contribution in [1.82, 2.24) is 5.32 Å². The number of hydrogen-bond donors (Lipinski definition) is 2. The highest BCUT2D eigenvalue weighted by molar-refractivity contribution is 5.78. The average molecular weight is 278 g/mol. The molecule has 1 aromatic carbocycles. The smallest absolute Gasteiger partial charge is 0.224 e. The normalized spacial score (nSPS) is 12.2. The van der Waals surface area contributed by atoms with Gasteiger partial charge in [0.15, 0.2) is 0 Å². The van der Waals surface area contributed by atoms with Gasteiger partial charge in [-0.2, -0.15) is 0 Å². The van der Waals surface area contributed by atoms with E-state index < -0.39 is 0 Å². The van der Waals surface area contributed by atoms with Gasteiger partial charge in [0.2, 0.25) is 5.91 Å². The number of benzene rings is 1. The predicted octanol–water partition coefficient (Wildman–Crippen LogP) is 1.97. The van der Waals surface area contributed by atoms with Gasteiger partial charge in [-0.3, -0.25) is 4.79 Å². The van der Waals surface area contributed by atoms with Gasteiger partial charge in [-0.25, -0.2) is 0 Å². The Morgan fingerprint density at radius 1 is 1.25 bits per heavy atom. The van der Waals surface area contributed by atoms with Crippen LogP contribution in [-0.4, -0.2) is 25.6 Å². The van der Waals surface area contributed by atoms with Crippen molar-refractivity contribution in [1.29, 1.82) is 0 Å². The average Bonchev–Trinajstić information content (AvgIpc) is 2.44. The second kappa shape index (κ2) is 8.59. The summed E-state index contributed by atoms with van der Waals surface area (Å²) >= 11 is 0. The van der Waals surface area contributed by atoms with Crippen molar-refractivity contribution in [3.05, 3.63) is 29.8 Å². The van der Waals surface area contributed by atoms with Crippen LogP contribution >= 0.6 is 0 Å². The van der Waals surface area contributed by atoms with Gasteiger partial charge in [-0.05, 0) is 36.1 Å². The molecule has 0 saturated carbocycles.